The van der Waals surface area contributed by atoms with E-state index in [-0.39, 0.29) is 11.6 Å². The number of carbonyl (C=O) groups excluding carboxylic acids is 2. The van der Waals surface area contributed by atoms with E-state index >= 15 is 0 Å². The molecule has 0 saturated heterocycles. The van der Waals surface area contributed by atoms with E-state index in [1.54, 1.807) is 0 Å². The van der Waals surface area contributed by atoms with E-state index in [9.17, 15) is 9.59 Å². The molecule has 0 N–H and O–H groups in total. The minimum Gasteiger partial charge on any atom is -0.378 e. The summed E-state index contributed by atoms with van der Waals surface area (Å²) in [6, 6.07) is 11.9. The minimum absolute atomic E-state index is 0.0374. The molecule has 0 amide bonds. The maximum absolute atomic E-state index is 12.1. The van der Waals surface area contributed by atoms with Crippen LogP contribution in [0.3, 0.4) is 0 Å². The van der Waals surface area contributed by atoms with Gasteiger partial charge in [0.1, 0.15) is 5.78 Å². The van der Waals surface area contributed by atoms with Gasteiger partial charge in [0, 0.05) is 44.6 Å². The Hall–Kier alpha value is -2.16. The number of Topliss-reactive ketones (excluding diaryl/α,β-unsaturated/α-hetero) is 2. The molecule has 0 aromatic heterocycles. The van der Waals surface area contributed by atoms with Gasteiger partial charge < -0.3 is 4.90 Å². The second-order valence-electron chi connectivity index (χ2n) is 5.46. The van der Waals surface area contributed by atoms with Gasteiger partial charge in [0.25, 0.3) is 0 Å². The average Bonchev–Trinajstić information content (AvgIpc) is 2.50. The monoisotopic (exact) mass is 283 g/mol. The smallest absolute Gasteiger partial charge is 0.163 e. The van der Waals surface area contributed by atoms with E-state index in [4.69, 9.17) is 0 Å². The van der Waals surface area contributed by atoms with Crippen LogP contribution in [0.1, 0.15) is 36.5 Å². The Morgan fingerprint density at radius 1 is 0.952 bits per heavy atom. The van der Waals surface area contributed by atoms with Gasteiger partial charge >= 0.3 is 0 Å². The second kappa shape index (κ2) is 6.53. The summed E-state index contributed by atoms with van der Waals surface area (Å²) in [4.78, 5) is 25.5. The molecule has 2 aromatic rings. The van der Waals surface area contributed by atoms with Crippen molar-refractivity contribution in [3.05, 3.63) is 42.0 Å². The van der Waals surface area contributed by atoms with Gasteiger partial charge in [-0.05, 0) is 29.0 Å². The van der Waals surface area contributed by atoms with Gasteiger partial charge in [-0.2, -0.15) is 0 Å². The van der Waals surface area contributed by atoms with Crippen molar-refractivity contribution in [2.75, 3.05) is 19.0 Å². The molecule has 0 unspecified atom stereocenters. The summed E-state index contributed by atoms with van der Waals surface area (Å²) in [5.41, 5.74) is 1.82. The minimum atomic E-state index is 0.0374. The van der Waals surface area contributed by atoms with Crippen molar-refractivity contribution < 1.29 is 9.59 Å². The van der Waals surface area contributed by atoms with Crippen molar-refractivity contribution in [3.8, 4) is 0 Å². The molecule has 0 bridgehead atoms. The summed E-state index contributed by atoms with van der Waals surface area (Å²) in [5.74, 6) is 0.176. The molecule has 0 heterocycles. The Bertz CT molecular complexity index is 674. The Labute approximate surface area is 125 Å². The molecule has 0 saturated carbocycles. The molecule has 0 radical (unpaired) electrons. The van der Waals surface area contributed by atoms with Crippen molar-refractivity contribution in [3.63, 3.8) is 0 Å². The number of nitrogens with zero attached hydrogens (tertiary/aromatic N) is 1. The van der Waals surface area contributed by atoms with Gasteiger partial charge in [0.05, 0.1) is 0 Å². The standard InChI is InChI=1S/C18H21NO2/c1-4-17(20)9-10-18(21)15-6-5-14-12-16(19(2)3)8-7-13(14)11-15/h5-8,11-12H,4,9-10H2,1-3H3. The molecule has 0 fully saturated rings. The summed E-state index contributed by atoms with van der Waals surface area (Å²) < 4.78 is 0. The lowest BCUT2D eigenvalue weighted by Crippen LogP contribution is -2.08. The number of hydrogen-bond donors (Lipinski definition) is 0. The zero-order valence-corrected chi connectivity index (χ0v) is 12.8. The average molecular weight is 283 g/mol. The molecular weight excluding hydrogens is 262 g/mol. The van der Waals surface area contributed by atoms with Crippen molar-refractivity contribution in [2.45, 2.75) is 26.2 Å². The summed E-state index contributed by atoms with van der Waals surface area (Å²) in [6.45, 7) is 1.82. The lowest BCUT2D eigenvalue weighted by atomic mass is 10.0. The Morgan fingerprint density at radius 3 is 2.29 bits per heavy atom. The Balaban J connectivity index is 2.21. The quantitative estimate of drug-likeness (QED) is 0.756. The van der Waals surface area contributed by atoms with Crippen molar-refractivity contribution in [2.24, 2.45) is 0 Å². The maximum Gasteiger partial charge on any atom is 0.163 e. The van der Waals surface area contributed by atoms with Crippen LogP contribution in [0.5, 0.6) is 0 Å². The first kappa shape index (κ1) is 15.2. The van der Waals surface area contributed by atoms with Crippen LogP contribution in [-0.4, -0.2) is 25.7 Å². The highest BCUT2D eigenvalue weighted by molar-refractivity contribution is 6.01. The van der Waals surface area contributed by atoms with Gasteiger partial charge in [-0.3, -0.25) is 9.59 Å². The molecule has 21 heavy (non-hydrogen) atoms. The lowest BCUT2D eigenvalue weighted by molar-refractivity contribution is -0.118. The van der Waals surface area contributed by atoms with Crippen LogP contribution in [0.25, 0.3) is 10.8 Å². The third-order valence-corrected chi connectivity index (χ3v) is 3.69. The van der Waals surface area contributed by atoms with E-state index in [1.807, 2.05) is 51.4 Å². The first-order chi connectivity index (χ1) is 10.0. The summed E-state index contributed by atoms with van der Waals surface area (Å²) in [7, 11) is 4.01. The number of hydrogen-bond acceptors (Lipinski definition) is 3. The summed E-state index contributed by atoms with van der Waals surface area (Å²) in [6.07, 6.45) is 1.14. The number of ketones is 2. The molecule has 0 atom stereocenters. The zero-order chi connectivity index (χ0) is 15.4. The highest BCUT2D eigenvalue weighted by Gasteiger charge is 2.09. The number of carbonyl (C=O) groups is 2. The van der Waals surface area contributed by atoms with E-state index in [0.29, 0.717) is 24.8 Å². The molecule has 0 aliphatic rings. The fourth-order valence-corrected chi connectivity index (χ4v) is 2.26. The van der Waals surface area contributed by atoms with Gasteiger partial charge in [-0.25, -0.2) is 0 Å². The fourth-order valence-electron chi connectivity index (χ4n) is 2.26. The van der Waals surface area contributed by atoms with Crippen molar-refractivity contribution in [1.82, 2.24) is 0 Å². The number of rotatable bonds is 6. The van der Waals surface area contributed by atoms with Crippen molar-refractivity contribution in [1.29, 1.82) is 0 Å². The molecule has 0 spiro atoms. The molecule has 0 aliphatic heterocycles. The van der Waals surface area contributed by atoms with Gasteiger partial charge in [0.2, 0.25) is 0 Å². The van der Waals surface area contributed by atoms with E-state index in [0.717, 1.165) is 16.5 Å². The van der Waals surface area contributed by atoms with Crippen LogP contribution < -0.4 is 4.90 Å². The third-order valence-electron chi connectivity index (χ3n) is 3.69. The molecule has 3 heteroatoms. The number of anilines is 1. The van der Waals surface area contributed by atoms with Crippen LogP contribution >= 0.6 is 0 Å². The predicted molar refractivity (Wildman–Crippen MR) is 87.1 cm³/mol. The van der Waals surface area contributed by atoms with Crippen LogP contribution in [0, 0.1) is 0 Å². The SMILES string of the molecule is CCC(=O)CCC(=O)c1ccc2cc(N(C)C)ccc2c1. The lowest BCUT2D eigenvalue weighted by Gasteiger charge is -2.13. The predicted octanol–water partition coefficient (Wildman–Crippen LogP) is 3.85. The molecule has 2 rings (SSSR count). The number of benzene rings is 2. The van der Waals surface area contributed by atoms with Crippen LogP contribution in [-0.2, 0) is 4.79 Å². The van der Waals surface area contributed by atoms with Gasteiger partial charge in [-0.1, -0.05) is 25.1 Å². The zero-order valence-electron chi connectivity index (χ0n) is 12.8. The van der Waals surface area contributed by atoms with E-state index in [2.05, 4.69) is 11.0 Å². The van der Waals surface area contributed by atoms with Crippen LogP contribution in [0.2, 0.25) is 0 Å². The maximum atomic E-state index is 12.1. The van der Waals surface area contributed by atoms with Crippen LogP contribution in [0.4, 0.5) is 5.69 Å². The Morgan fingerprint density at radius 2 is 1.62 bits per heavy atom. The summed E-state index contributed by atoms with van der Waals surface area (Å²) in [5, 5.41) is 2.16. The third kappa shape index (κ3) is 3.69. The summed E-state index contributed by atoms with van der Waals surface area (Å²) >= 11 is 0. The number of fused-ring (bicyclic) bond motifs is 1. The van der Waals surface area contributed by atoms with Gasteiger partial charge in [-0.15, -0.1) is 0 Å². The molecule has 3 nitrogen and oxygen atoms in total. The first-order valence-electron chi connectivity index (χ1n) is 7.27. The highest BCUT2D eigenvalue weighted by atomic mass is 16.1. The van der Waals surface area contributed by atoms with Gasteiger partial charge in [0.15, 0.2) is 5.78 Å². The topological polar surface area (TPSA) is 37.4 Å². The van der Waals surface area contributed by atoms with E-state index in [1.165, 1.54) is 0 Å². The van der Waals surface area contributed by atoms with Crippen LogP contribution in [0.15, 0.2) is 36.4 Å². The molecule has 110 valence electrons. The fraction of sp³-hybridized carbons (Fsp3) is 0.333. The van der Waals surface area contributed by atoms with E-state index < -0.39 is 0 Å². The van der Waals surface area contributed by atoms with Crippen molar-refractivity contribution >= 4 is 28.0 Å². The molecule has 0 aliphatic carbocycles. The second-order valence-corrected chi connectivity index (χ2v) is 5.46. The largest absolute Gasteiger partial charge is 0.378 e. The Kier molecular flexibility index (Phi) is 4.73. The highest BCUT2D eigenvalue weighted by Crippen LogP contribution is 2.22. The molecule has 2 aromatic carbocycles. The molecular formula is C18H21NO2. The normalized spacial score (nSPS) is 10.6. The first-order valence-corrected chi connectivity index (χ1v) is 7.27.